The van der Waals surface area contributed by atoms with Crippen LogP contribution in [0.4, 0.5) is 4.39 Å². The minimum Gasteiger partial charge on any atom is -0.507 e. The Morgan fingerprint density at radius 1 is 1.00 bits per heavy atom. The average Bonchev–Trinajstić information content (AvgIpc) is 3.21. The van der Waals surface area contributed by atoms with Crippen LogP contribution in [0.15, 0.2) is 78.4 Å². The largest absolute Gasteiger partial charge is 0.507 e. The second-order valence-corrected chi connectivity index (χ2v) is 9.75. The highest BCUT2D eigenvalue weighted by Gasteiger charge is 2.46. The van der Waals surface area contributed by atoms with Crippen molar-refractivity contribution in [1.29, 1.82) is 0 Å². The van der Waals surface area contributed by atoms with Crippen LogP contribution in [0.1, 0.15) is 28.3 Å². The lowest BCUT2D eigenvalue weighted by Crippen LogP contribution is -2.42. The Kier molecular flexibility index (Phi) is 8.05. The molecule has 2 aliphatic heterocycles. The maximum atomic E-state index is 13.8. The van der Waals surface area contributed by atoms with Crippen molar-refractivity contribution < 1.29 is 28.6 Å². The number of nitrogens with zero attached hydrogens (tertiary/aromatic N) is 2. The Labute approximate surface area is 227 Å². The maximum Gasteiger partial charge on any atom is 0.295 e. The first-order valence-corrected chi connectivity index (χ1v) is 13.0. The van der Waals surface area contributed by atoms with Gasteiger partial charge in [-0.2, -0.15) is 0 Å². The average molecular weight is 531 g/mol. The van der Waals surface area contributed by atoms with E-state index in [0.29, 0.717) is 48.8 Å². The number of amides is 1. The summed E-state index contributed by atoms with van der Waals surface area (Å²) in [6.45, 7) is 5.76. The van der Waals surface area contributed by atoms with E-state index in [1.54, 1.807) is 30.3 Å². The fraction of sp³-hybridized carbons (Fsp3) is 0.290. The molecule has 0 bridgehead atoms. The molecule has 202 valence electrons. The van der Waals surface area contributed by atoms with Crippen LogP contribution in [0.2, 0.25) is 0 Å². The molecule has 0 spiro atoms. The fourth-order valence-corrected chi connectivity index (χ4v) is 5.05. The van der Waals surface area contributed by atoms with Gasteiger partial charge in [0.2, 0.25) is 0 Å². The van der Waals surface area contributed by atoms with Crippen LogP contribution in [0.3, 0.4) is 0 Å². The van der Waals surface area contributed by atoms with Crippen molar-refractivity contribution in [3.05, 3.63) is 106 Å². The van der Waals surface area contributed by atoms with Crippen LogP contribution in [0.5, 0.6) is 5.75 Å². The van der Waals surface area contributed by atoms with Crippen LogP contribution in [0, 0.1) is 12.7 Å². The Morgan fingerprint density at radius 3 is 2.41 bits per heavy atom. The number of ketones is 1. The van der Waals surface area contributed by atoms with Crippen molar-refractivity contribution in [3.8, 4) is 5.75 Å². The molecule has 8 heteroatoms. The fourth-order valence-electron chi connectivity index (χ4n) is 5.05. The van der Waals surface area contributed by atoms with Gasteiger partial charge in [0.1, 0.15) is 23.9 Å². The van der Waals surface area contributed by atoms with Crippen LogP contribution in [-0.4, -0.2) is 66.0 Å². The van der Waals surface area contributed by atoms with Gasteiger partial charge in [-0.15, -0.1) is 0 Å². The number of morpholine rings is 1. The number of aryl methyl sites for hydroxylation is 1. The van der Waals surface area contributed by atoms with Crippen molar-refractivity contribution >= 4 is 17.4 Å². The summed E-state index contributed by atoms with van der Waals surface area (Å²) in [6.07, 6.45) is 0. The molecular weight excluding hydrogens is 499 g/mol. The number of benzene rings is 3. The molecule has 0 aliphatic carbocycles. The molecule has 3 aromatic carbocycles. The van der Waals surface area contributed by atoms with E-state index in [1.807, 2.05) is 37.3 Å². The molecule has 1 unspecified atom stereocenters. The van der Waals surface area contributed by atoms with Crippen LogP contribution in [0.25, 0.3) is 5.76 Å². The Bertz CT molecular complexity index is 1370. The lowest BCUT2D eigenvalue weighted by molar-refractivity contribution is -0.140. The van der Waals surface area contributed by atoms with Crippen LogP contribution >= 0.6 is 0 Å². The first kappa shape index (κ1) is 26.6. The SMILES string of the molecule is Cc1cc(OCc2ccccc2)ccc1C(O)=C1C(=O)C(=O)N(CCN2CCOCC2)C1c1ccc(F)cc1. The van der Waals surface area contributed by atoms with E-state index in [9.17, 15) is 19.1 Å². The summed E-state index contributed by atoms with van der Waals surface area (Å²) in [4.78, 5) is 30.2. The molecule has 1 amide bonds. The number of ether oxygens (including phenoxy) is 2. The molecule has 0 radical (unpaired) electrons. The third-order valence-corrected chi connectivity index (χ3v) is 7.19. The van der Waals surface area contributed by atoms with Gasteiger partial charge in [0.05, 0.1) is 24.8 Å². The highest BCUT2D eigenvalue weighted by molar-refractivity contribution is 6.46. The van der Waals surface area contributed by atoms with Gasteiger partial charge in [0.15, 0.2) is 0 Å². The molecule has 3 aromatic rings. The molecule has 0 aromatic heterocycles. The number of carbonyl (C=O) groups is 2. The number of hydrogen-bond donors (Lipinski definition) is 1. The molecule has 5 rings (SSSR count). The number of carbonyl (C=O) groups excluding carboxylic acids is 2. The Balaban J connectivity index is 1.45. The molecule has 1 atom stereocenters. The van der Waals surface area contributed by atoms with Gasteiger partial charge < -0.3 is 19.5 Å². The molecule has 2 fully saturated rings. The van der Waals surface area contributed by atoms with E-state index >= 15 is 0 Å². The maximum absolute atomic E-state index is 13.8. The lowest BCUT2D eigenvalue weighted by Gasteiger charge is -2.31. The van der Waals surface area contributed by atoms with Gasteiger partial charge in [-0.3, -0.25) is 14.5 Å². The molecule has 2 heterocycles. The number of Topliss-reactive ketones (excluding diaryl/α,β-unsaturated/α-hetero) is 1. The third kappa shape index (κ3) is 5.87. The van der Waals surface area contributed by atoms with Gasteiger partial charge in [-0.25, -0.2) is 4.39 Å². The Morgan fingerprint density at radius 2 is 1.72 bits per heavy atom. The van der Waals surface area contributed by atoms with E-state index in [4.69, 9.17) is 9.47 Å². The highest BCUT2D eigenvalue weighted by Crippen LogP contribution is 2.40. The highest BCUT2D eigenvalue weighted by atomic mass is 19.1. The minimum absolute atomic E-state index is 0.00496. The zero-order valence-electron chi connectivity index (χ0n) is 21.8. The van der Waals surface area contributed by atoms with E-state index in [1.165, 1.54) is 17.0 Å². The van der Waals surface area contributed by atoms with E-state index in [-0.39, 0.29) is 17.9 Å². The molecule has 7 nitrogen and oxygen atoms in total. The minimum atomic E-state index is -0.833. The summed E-state index contributed by atoms with van der Waals surface area (Å²) in [5.41, 5.74) is 2.70. The van der Waals surface area contributed by atoms with Gasteiger partial charge >= 0.3 is 0 Å². The number of aliphatic hydroxyl groups is 1. The van der Waals surface area contributed by atoms with Gasteiger partial charge in [-0.1, -0.05) is 42.5 Å². The number of halogens is 1. The van der Waals surface area contributed by atoms with Crippen LogP contribution in [-0.2, 0) is 20.9 Å². The monoisotopic (exact) mass is 530 g/mol. The van der Waals surface area contributed by atoms with E-state index < -0.39 is 23.5 Å². The molecule has 0 saturated carbocycles. The number of hydrogen-bond acceptors (Lipinski definition) is 6. The molecular formula is C31H31FN2O5. The summed E-state index contributed by atoms with van der Waals surface area (Å²) in [6, 6.07) is 19.8. The Hall–Kier alpha value is -4.01. The van der Waals surface area contributed by atoms with Crippen molar-refractivity contribution in [1.82, 2.24) is 9.80 Å². The summed E-state index contributed by atoms with van der Waals surface area (Å²) in [5.74, 6) is -1.50. The zero-order valence-corrected chi connectivity index (χ0v) is 21.8. The molecule has 39 heavy (non-hydrogen) atoms. The smallest absolute Gasteiger partial charge is 0.295 e. The summed E-state index contributed by atoms with van der Waals surface area (Å²) in [7, 11) is 0. The van der Waals surface area contributed by atoms with Gasteiger partial charge in [0.25, 0.3) is 11.7 Å². The topological polar surface area (TPSA) is 79.3 Å². The van der Waals surface area contributed by atoms with Gasteiger partial charge in [0, 0.05) is 31.7 Å². The predicted molar refractivity (Wildman–Crippen MR) is 145 cm³/mol. The van der Waals surface area contributed by atoms with Crippen molar-refractivity contribution in [3.63, 3.8) is 0 Å². The van der Waals surface area contributed by atoms with Crippen molar-refractivity contribution in [2.75, 3.05) is 39.4 Å². The number of rotatable bonds is 8. The summed E-state index contributed by atoms with van der Waals surface area (Å²) < 4.78 is 25.1. The predicted octanol–water partition coefficient (Wildman–Crippen LogP) is 4.47. The number of likely N-dealkylation sites (tertiary alicyclic amines) is 1. The number of aliphatic hydroxyl groups excluding tert-OH is 1. The van der Waals surface area contributed by atoms with E-state index in [0.717, 1.165) is 18.7 Å². The molecule has 2 aliphatic rings. The molecule has 1 N–H and O–H groups in total. The first-order valence-electron chi connectivity index (χ1n) is 13.0. The van der Waals surface area contributed by atoms with Gasteiger partial charge in [-0.05, 0) is 53.9 Å². The summed E-state index contributed by atoms with van der Waals surface area (Å²) >= 11 is 0. The second-order valence-electron chi connectivity index (χ2n) is 9.75. The van der Waals surface area contributed by atoms with E-state index in [2.05, 4.69) is 4.90 Å². The zero-order chi connectivity index (χ0) is 27.4. The second kappa shape index (κ2) is 11.8. The standard InChI is InChI=1S/C31H31FN2O5/c1-21-19-25(39-20-22-5-3-2-4-6-22)11-12-26(21)29(35)27-28(23-7-9-24(32)10-8-23)34(31(37)30(27)36)14-13-33-15-17-38-18-16-33/h2-12,19,28,35H,13-18,20H2,1H3. The quantitative estimate of drug-likeness (QED) is 0.263. The van der Waals surface area contributed by atoms with Crippen LogP contribution < -0.4 is 4.74 Å². The third-order valence-electron chi connectivity index (χ3n) is 7.19. The summed E-state index contributed by atoms with van der Waals surface area (Å²) in [5, 5.41) is 11.4. The molecule has 2 saturated heterocycles. The lowest BCUT2D eigenvalue weighted by atomic mass is 9.94. The van der Waals surface area contributed by atoms with Crippen molar-refractivity contribution in [2.24, 2.45) is 0 Å². The normalized spacial score (nSPS) is 19.4. The first-order chi connectivity index (χ1) is 18.9. The van der Waals surface area contributed by atoms with Crippen molar-refractivity contribution in [2.45, 2.75) is 19.6 Å².